The fraction of sp³-hybridized carbons (Fsp3) is 0.500. The van der Waals surface area contributed by atoms with Gasteiger partial charge in [0.15, 0.2) is 0 Å². The van der Waals surface area contributed by atoms with Crippen LogP contribution in [0.15, 0.2) is 11.3 Å². The van der Waals surface area contributed by atoms with Crippen molar-refractivity contribution in [2.45, 2.75) is 33.6 Å². The number of methoxy groups -OCH3 is 1. The summed E-state index contributed by atoms with van der Waals surface area (Å²) in [4.78, 5) is 22.2. The third kappa shape index (κ3) is 5.20. The van der Waals surface area contributed by atoms with Gasteiger partial charge in [0.2, 0.25) is 0 Å². The lowest BCUT2D eigenvalue weighted by molar-refractivity contribution is -0.138. The molecule has 0 aliphatic carbocycles. The molecule has 88 valence electrons. The number of rotatable bonds is 4. The third-order valence-corrected chi connectivity index (χ3v) is 1.83. The fourth-order valence-electron chi connectivity index (χ4n) is 1.13. The largest absolute Gasteiger partial charge is 0.466 e. The Labute approximate surface area is 95.6 Å². The van der Waals surface area contributed by atoms with Crippen LogP contribution in [0.1, 0.15) is 33.6 Å². The van der Waals surface area contributed by atoms with Crippen molar-refractivity contribution in [1.29, 1.82) is 0 Å². The Morgan fingerprint density at radius 2 is 1.88 bits per heavy atom. The van der Waals surface area contributed by atoms with Gasteiger partial charge in [0.1, 0.15) is 5.76 Å². The van der Waals surface area contributed by atoms with Crippen LogP contribution in [0.4, 0.5) is 0 Å². The summed E-state index contributed by atoms with van der Waals surface area (Å²) in [7, 11) is 1.29. The fourth-order valence-corrected chi connectivity index (χ4v) is 1.13. The van der Waals surface area contributed by atoms with Crippen molar-refractivity contribution >= 4 is 11.9 Å². The highest BCUT2D eigenvalue weighted by Crippen LogP contribution is 2.14. The second kappa shape index (κ2) is 7.52. The Hall–Kier alpha value is -1.76. The molecule has 4 heteroatoms. The first kappa shape index (κ1) is 14.2. The molecule has 0 unspecified atom stereocenters. The van der Waals surface area contributed by atoms with E-state index in [1.165, 1.54) is 14.0 Å². The number of hydrogen-bond acceptors (Lipinski definition) is 4. The SMILES string of the molecule is CC#CCC/C(C(=O)OC)=C(\C)OC(C)=O. The molecule has 0 aromatic rings. The molecule has 16 heavy (non-hydrogen) atoms. The molecule has 0 N–H and O–H groups in total. The Morgan fingerprint density at radius 3 is 2.31 bits per heavy atom. The van der Waals surface area contributed by atoms with Crippen molar-refractivity contribution in [3.63, 3.8) is 0 Å². The quantitative estimate of drug-likeness (QED) is 0.316. The van der Waals surface area contributed by atoms with Crippen molar-refractivity contribution in [2.24, 2.45) is 0 Å². The molecule has 0 aromatic heterocycles. The van der Waals surface area contributed by atoms with Gasteiger partial charge < -0.3 is 9.47 Å². The zero-order chi connectivity index (χ0) is 12.6. The molecule has 4 nitrogen and oxygen atoms in total. The summed E-state index contributed by atoms with van der Waals surface area (Å²) in [6.07, 6.45) is 0.937. The standard InChI is InChI=1S/C12H16O4/c1-5-6-7-8-11(12(14)15-4)9(2)16-10(3)13/h7-8H2,1-4H3/b11-9-. The summed E-state index contributed by atoms with van der Waals surface area (Å²) in [6.45, 7) is 4.57. The lowest BCUT2D eigenvalue weighted by Gasteiger charge is -2.08. The maximum Gasteiger partial charge on any atom is 0.337 e. The summed E-state index contributed by atoms with van der Waals surface area (Å²) in [5, 5.41) is 0. The molecular formula is C12H16O4. The average Bonchev–Trinajstić information content (AvgIpc) is 2.22. The minimum Gasteiger partial charge on any atom is -0.466 e. The van der Waals surface area contributed by atoms with E-state index < -0.39 is 11.9 Å². The minimum absolute atomic E-state index is 0.275. The number of esters is 2. The molecule has 0 heterocycles. The number of carbonyl (C=O) groups is 2. The van der Waals surface area contributed by atoms with Gasteiger partial charge in [0, 0.05) is 13.3 Å². The zero-order valence-electron chi connectivity index (χ0n) is 10.0. The van der Waals surface area contributed by atoms with Gasteiger partial charge >= 0.3 is 11.9 Å². The van der Waals surface area contributed by atoms with E-state index in [1.54, 1.807) is 13.8 Å². The number of ether oxygens (including phenoxy) is 2. The molecule has 0 saturated heterocycles. The molecule has 0 aliphatic rings. The van der Waals surface area contributed by atoms with Crippen LogP contribution in [0.5, 0.6) is 0 Å². The van der Waals surface area contributed by atoms with E-state index in [0.717, 1.165) is 0 Å². The first-order valence-electron chi connectivity index (χ1n) is 4.89. The Kier molecular flexibility index (Phi) is 6.69. The Balaban J connectivity index is 4.80. The van der Waals surface area contributed by atoms with Gasteiger partial charge in [0.05, 0.1) is 12.7 Å². The molecule has 0 amide bonds. The lowest BCUT2D eigenvalue weighted by atomic mass is 10.1. The zero-order valence-corrected chi connectivity index (χ0v) is 10.0. The molecule has 0 aliphatic heterocycles. The number of carbonyl (C=O) groups excluding carboxylic acids is 2. The lowest BCUT2D eigenvalue weighted by Crippen LogP contribution is -2.10. The van der Waals surface area contributed by atoms with Crippen molar-refractivity contribution < 1.29 is 19.1 Å². The van der Waals surface area contributed by atoms with E-state index in [1.807, 2.05) is 0 Å². The maximum atomic E-state index is 11.4. The predicted molar refractivity (Wildman–Crippen MR) is 59.2 cm³/mol. The van der Waals surface area contributed by atoms with E-state index in [9.17, 15) is 9.59 Å². The van der Waals surface area contributed by atoms with E-state index in [2.05, 4.69) is 16.6 Å². The average molecular weight is 224 g/mol. The summed E-state index contributed by atoms with van der Waals surface area (Å²) < 4.78 is 9.47. The van der Waals surface area contributed by atoms with Crippen LogP contribution in [-0.2, 0) is 19.1 Å². The minimum atomic E-state index is -0.489. The normalized spacial score (nSPS) is 10.8. The molecule has 0 spiro atoms. The van der Waals surface area contributed by atoms with E-state index >= 15 is 0 Å². The highest BCUT2D eigenvalue weighted by atomic mass is 16.5. The van der Waals surface area contributed by atoms with Crippen LogP contribution in [0, 0.1) is 11.8 Å². The molecule has 0 bridgehead atoms. The van der Waals surface area contributed by atoms with Crippen LogP contribution in [0.2, 0.25) is 0 Å². The number of hydrogen-bond donors (Lipinski definition) is 0. The third-order valence-electron chi connectivity index (χ3n) is 1.83. The second-order valence-corrected chi connectivity index (χ2v) is 3.05. The van der Waals surface area contributed by atoms with E-state index in [0.29, 0.717) is 18.4 Å². The van der Waals surface area contributed by atoms with Gasteiger partial charge in [-0.25, -0.2) is 4.79 Å². The van der Waals surface area contributed by atoms with E-state index in [4.69, 9.17) is 4.74 Å². The van der Waals surface area contributed by atoms with Crippen LogP contribution < -0.4 is 0 Å². The molecule has 0 aromatic carbocycles. The first-order valence-corrected chi connectivity index (χ1v) is 4.89. The van der Waals surface area contributed by atoms with Crippen molar-refractivity contribution in [2.75, 3.05) is 7.11 Å². The van der Waals surface area contributed by atoms with Crippen molar-refractivity contribution in [3.8, 4) is 11.8 Å². The maximum absolute atomic E-state index is 11.4. The second-order valence-electron chi connectivity index (χ2n) is 3.05. The van der Waals surface area contributed by atoms with Gasteiger partial charge in [-0.1, -0.05) is 0 Å². The molecule has 0 radical (unpaired) electrons. The smallest absolute Gasteiger partial charge is 0.337 e. The summed E-state index contributed by atoms with van der Waals surface area (Å²) in [5.41, 5.74) is 0.348. The van der Waals surface area contributed by atoms with Crippen LogP contribution in [0.25, 0.3) is 0 Å². The van der Waals surface area contributed by atoms with Crippen molar-refractivity contribution in [3.05, 3.63) is 11.3 Å². The molecule has 0 saturated carbocycles. The van der Waals surface area contributed by atoms with Gasteiger partial charge in [-0.2, -0.15) is 0 Å². The molecule has 0 fully saturated rings. The summed E-state index contributed by atoms with van der Waals surface area (Å²) in [6, 6.07) is 0. The summed E-state index contributed by atoms with van der Waals surface area (Å²) >= 11 is 0. The summed E-state index contributed by atoms with van der Waals surface area (Å²) in [5.74, 6) is 4.89. The van der Waals surface area contributed by atoms with Crippen LogP contribution in [0.3, 0.4) is 0 Å². The molecular weight excluding hydrogens is 208 g/mol. The van der Waals surface area contributed by atoms with Crippen LogP contribution >= 0.6 is 0 Å². The van der Waals surface area contributed by atoms with Gasteiger partial charge in [-0.05, 0) is 20.3 Å². The van der Waals surface area contributed by atoms with Gasteiger partial charge in [-0.15, -0.1) is 11.8 Å². The Bertz CT molecular complexity index is 355. The topological polar surface area (TPSA) is 52.6 Å². The monoisotopic (exact) mass is 224 g/mol. The first-order chi connectivity index (χ1) is 7.52. The highest BCUT2D eigenvalue weighted by molar-refractivity contribution is 5.89. The predicted octanol–water partition coefficient (Wildman–Crippen LogP) is 1.80. The Morgan fingerprint density at radius 1 is 1.25 bits per heavy atom. The molecule has 0 atom stereocenters. The van der Waals surface area contributed by atoms with E-state index in [-0.39, 0.29) is 5.76 Å². The van der Waals surface area contributed by atoms with Gasteiger partial charge in [0.25, 0.3) is 0 Å². The van der Waals surface area contributed by atoms with Crippen molar-refractivity contribution in [1.82, 2.24) is 0 Å². The van der Waals surface area contributed by atoms with Gasteiger partial charge in [-0.3, -0.25) is 4.79 Å². The molecule has 0 rings (SSSR count). The highest BCUT2D eigenvalue weighted by Gasteiger charge is 2.15. The number of allylic oxidation sites excluding steroid dienone is 1. The van der Waals surface area contributed by atoms with Crippen LogP contribution in [-0.4, -0.2) is 19.0 Å².